The third-order valence-corrected chi connectivity index (χ3v) is 3.36. The van der Waals surface area contributed by atoms with Gasteiger partial charge in [-0.15, -0.1) is 0 Å². The normalized spacial score (nSPS) is 19.0. The van der Waals surface area contributed by atoms with Gasteiger partial charge < -0.3 is 20.1 Å². The van der Waals surface area contributed by atoms with E-state index in [0.29, 0.717) is 24.4 Å². The van der Waals surface area contributed by atoms with Crippen molar-refractivity contribution in [3.05, 3.63) is 18.5 Å². The van der Waals surface area contributed by atoms with E-state index in [1.807, 2.05) is 0 Å². The van der Waals surface area contributed by atoms with E-state index >= 15 is 0 Å². The molecular formula is C14H19N3O4. The summed E-state index contributed by atoms with van der Waals surface area (Å²) >= 11 is 0. The Labute approximate surface area is 122 Å². The van der Waals surface area contributed by atoms with Crippen LogP contribution in [0.25, 0.3) is 0 Å². The maximum Gasteiger partial charge on any atom is 0.251 e. The first kappa shape index (κ1) is 15.2. The van der Waals surface area contributed by atoms with Gasteiger partial charge in [-0.1, -0.05) is 0 Å². The number of amides is 2. The van der Waals surface area contributed by atoms with E-state index in [1.54, 1.807) is 12.3 Å². The highest BCUT2D eigenvalue weighted by Crippen LogP contribution is 2.21. The number of carbonyl (C=O) groups excluding carboxylic acids is 2. The molecule has 7 heteroatoms. The van der Waals surface area contributed by atoms with Gasteiger partial charge in [0.15, 0.2) is 0 Å². The number of ether oxygens (including phenoxy) is 1. The number of rotatable bonds is 4. The Hall–Kier alpha value is -2.15. The molecule has 2 N–H and O–H groups in total. The molecule has 0 saturated carbocycles. The molecule has 0 radical (unpaired) electrons. The van der Waals surface area contributed by atoms with Crippen LogP contribution in [-0.4, -0.2) is 53.1 Å². The van der Waals surface area contributed by atoms with E-state index in [9.17, 15) is 14.7 Å². The molecular weight excluding hydrogens is 274 g/mol. The molecule has 1 atom stereocenters. The summed E-state index contributed by atoms with van der Waals surface area (Å²) in [5, 5.41) is 12.3. The summed E-state index contributed by atoms with van der Waals surface area (Å²) in [5.74, 6) is -0.231. The summed E-state index contributed by atoms with van der Waals surface area (Å²) in [4.78, 5) is 29.3. The number of likely N-dealkylation sites (tertiary alicyclic amines) is 1. The van der Waals surface area contributed by atoms with Gasteiger partial charge in [0.1, 0.15) is 17.5 Å². The van der Waals surface area contributed by atoms with Gasteiger partial charge in [0.05, 0.1) is 19.9 Å². The molecule has 0 bridgehead atoms. The van der Waals surface area contributed by atoms with Gasteiger partial charge in [0, 0.05) is 18.8 Å². The molecule has 7 nitrogen and oxygen atoms in total. The lowest BCUT2D eigenvalue weighted by molar-refractivity contribution is -0.141. The van der Waals surface area contributed by atoms with Crippen molar-refractivity contribution in [3.8, 4) is 5.75 Å². The van der Waals surface area contributed by atoms with Crippen LogP contribution >= 0.6 is 0 Å². The Kier molecular flexibility index (Phi) is 5.10. The first-order valence-corrected chi connectivity index (χ1v) is 6.86. The molecule has 1 aromatic rings. The lowest BCUT2D eigenvalue weighted by atomic mass is 10.2. The molecule has 1 aliphatic rings. The number of methoxy groups -OCH3 is 1. The van der Waals surface area contributed by atoms with Gasteiger partial charge in [-0.3, -0.25) is 14.6 Å². The molecule has 114 valence electrons. The SMILES string of the molecule is COc1ccncc1NC(=O)CN1CCCCC(O)C1=O. The minimum Gasteiger partial charge on any atom is -0.494 e. The number of aliphatic hydroxyl groups excluding tert-OH is 1. The van der Waals surface area contributed by atoms with E-state index in [0.717, 1.165) is 12.8 Å². The Bertz CT molecular complexity index is 521. The minimum absolute atomic E-state index is 0.0893. The third kappa shape index (κ3) is 3.91. The Morgan fingerprint density at radius 3 is 3.14 bits per heavy atom. The predicted molar refractivity (Wildman–Crippen MR) is 75.9 cm³/mol. The van der Waals surface area contributed by atoms with Crippen LogP contribution in [0.15, 0.2) is 18.5 Å². The number of aromatic nitrogens is 1. The first-order valence-electron chi connectivity index (χ1n) is 6.86. The molecule has 1 fully saturated rings. The number of aliphatic hydroxyl groups is 1. The van der Waals surface area contributed by atoms with E-state index < -0.39 is 6.10 Å². The lowest BCUT2D eigenvalue weighted by Crippen LogP contribution is -2.42. The average Bonchev–Trinajstić information content (AvgIpc) is 2.63. The zero-order valence-electron chi connectivity index (χ0n) is 11.9. The summed E-state index contributed by atoms with van der Waals surface area (Å²) in [7, 11) is 1.50. The van der Waals surface area contributed by atoms with Gasteiger partial charge in [-0.25, -0.2) is 0 Å². The van der Waals surface area contributed by atoms with Crippen LogP contribution < -0.4 is 10.1 Å². The number of hydrogen-bond acceptors (Lipinski definition) is 5. The molecule has 1 unspecified atom stereocenters. The Morgan fingerprint density at radius 2 is 2.38 bits per heavy atom. The van der Waals surface area contributed by atoms with Crippen molar-refractivity contribution in [2.24, 2.45) is 0 Å². The number of nitrogens with zero attached hydrogens (tertiary/aromatic N) is 2. The number of carbonyl (C=O) groups is 2. The highest BCUT2D eigenvalue weighted by Gasteiger charge is 2.26. The van der Waals surface area contributed by atoms with Crippen LogP contribution in [0.2, 0.25) is 0 Å². The van der Waals surface area contributed by atoms with Gasteiger partial charge in [0.2, 0.25) is 5.91 Å². The van der Waals surface area contributed by atoms with E-state index in [1.165, 1.54) is 18.2 Å². The second-order valence-corrected chi connectivity index (χ2v) is 4.90. The molecule has 2 rings (SSSR count). The van der Waals surface area contributed by atoms with Gasteiger partial charge in [-0.05, 0) is 19.3 Å². The molecule has 2 heterocycles. The molecule has 0 aliphatic carbocycles. The van der Waals surface area contributed by atoms with Gasteiger partial charge in [-0.2, -0.15) is 0 Å². The molecule has 1 aliphatic heterocycles. The summed E-state index contributed by atoms with van der Waals surface area (Å²) in [6, 6.07) is 1.64. The minimum atomic E-state index is -1.01. The summed E-state index contributed by atoms with van der Waals surface area (Å²) < 4.78 is 5.12. The average molecular weight is 293 g/mol. The van der Waals surface area contributed by atoms with Crippen molar-refractivity contribution < 1.29 is 19.4 Å². The van der Waals surface area contributed by atoms with E-state index in [2.05, 4.69) is 10.3 Å². The molecule has 2 amide bonds. The van der Waals surface area contributed by atoms with Crippen LogP contribution in [0, 0.1) is 0 Å². The van der Waals surface area contributed by atoms with Crippen LogP contribution in [0.4, 0.5) is 5.69 Å². The number of anilines is 1. The van der Waals surface area contributed by atoms with Crippen molar-refractivity contribution in [3.63, 3.8) is 0 Å². The lowest BCUT2D eigenvalue weighted by Gasteiger charge is -2.21. The monoisotopic (exact) mass is 293 g/mol. The zero-order valence-corrected chi connectivity index (χ0v) is 11.9. The van der Waals surface area contributed by atoms with Crippen molar-refractivity contribution in [1.29, 1.82) is 0 Å². The second-order valence-electron chi connectivity index (χ2n) is 4.90. The van der Waals surface area contributed by atoms with Crippen molar-refractivity contribution in [1.82, 2.24) is 9.88 Å². The van der Waals surface area contributed by atoms with E-state index in [-0.39, 0.29) is 18.4 Å². The summed E-state index contributed by atoms with van der Waals surface area (Å²) in [6.07, 6.45) is 4.05. The summed E-state index contributed by atoms with van der Waals surface area (Å²) in [6.45, 7) is 0.390. The van der Waals surface area contributed by atoms with Crippen molar-refractivity contribution in [2.45, 2.75) is 25.4 Å². The first-order chi connectivity index (χ1) is 10.1. The fraction of sp³-hybridized carbons (Fsp3) is 0.500. The predicted octanol–water partition coefficient (Wildman–Crippen LogP) is 0.402. The van der Waals surface area contributed by atoms with Crippen molar-refractivity contribution >= 4 is 17.5 Å². The highest BCUT2D eigenvalue weighted by molar-refractivity contribution is 5.96. The number of nitrogens with one attached hydrogen (secondary N) is 1. The van der Waals surface area contributed by atoms with Gasteiger partial charge in [0.25, 0.3) is 5.91 Å². The fourth-order valence-electron chi connectivity index (χ4n) is 2.26. The maximum absolute atomic E-state index is 12.0. The zero-order chi connectivity index (χ0) is 15.2. The fourth-order valence-corrected chi connectivity index (χ4v) is 2.26. The maximum atomic E-state index is 12.0. The molecule has 0 spiro atoms. The second kappa shape index (κ2) is 7.03. The Morgan fingerprint density at radius 1 is 1.57 bits per heavy atom. The molecule has 1 saturated heterocycles. The summed E-state index contributed by atoms with van der Waals surface area (Å²) in [5.41, 5.74) is 0.452. The standard InChI is InChI=1S/C14H19N3O4/c1-21-12-5-6-15-8-10(12)16-13(19)9-17-7-3-2-4-11(18)14(17)20/h5-6,8,11,18H,2-4,7,9H2,1H3,(H,16,19). The van der Waals surface area contributed by atoms with Gasteiger partial charge >= 0.3 is 0 Å². The Balaban J connectivity index is 1.99. The smallest absolute Gasteiger partial charge is 0.251 e. The van der Waals surface area contributed by atoms with Crippen LogP contribution in [0.1, 0.15) is 19.3 Å². The quantitative estimate of drug-likeness (QED) is 0.838. The molecule has 21 heavy (non-hydrogen) atoms. The van der Waals surface area contributed by atoms with Crippen LogP contribution in [-0.2, 0) is 9.59 Å². The largest absolute Gasteiger partial charge is 0.494 e. The van der Waals surface area contributed by atoms with Crippen LogP contribution in [0.5, 0.6) is 5.75 Å². The molecule has 0 aromatic carbocycles. The van der Waals surface area contributed by atoms with Crippen molar-refractivity contribution in [2.75, 3.05) is 25.5 Å². The topological polar surface area (TPSA) is 91.8 Å². The third-order valence-electron chi connectivity index (χ3n) is 3.36. The van der Waals surface area contributed by atoms with Crippen LogP contribution in [0.3, 0.4) is 0 Å². The number of pyridine rings is 1. The van der Waals surface area contributed by atoms with E-state index in [4.69, 9.17) is 4.74 Å². The molecule has 1 aromatic heterocycles. The number of hydrogen-bond donors (Lipinski definition) is 2. The highest BCUT2D eigenvalue weighted by atomic mass is 16.5.